The molecule has 0 bridgehead atoms. The van der Waals surface area contributed by atoms with Crippen LogP contribution in [0.4, 0.5) is 0 Å². The Morgan fingerprint density at radius 3 is 1.63 bits per heavy atom. The monoisotopic (exact) mass is 458 g/mol. The fraction of sp³-hybridized carbons (Fsp3) is 0.161. The van der Waals surface area contributed by atoms with E-state index in [-0.39, 0.29) is 12.0 Å². The molecule has 5 rings (SSSR count). The highest BCUT2D eigenvalue weighted by Crippen LogP contribution is 2.29. The van der Waals surface area contributed by atoms with Crippen molar-refractivity contribution in [1.29, 1.82) is 0 Å². The number of hydrogen-bond donors (Lipinski definition) is 1. The average Bonchev–Trinajstić information content (AvgIpc) is 3.31. The van der Waals surface area contributed by atoms with Crippen LogP contribution in [-0.4, -0.2) is 14.8 Å². The van der Waals surface area contributed by atoms with Gasteiger partial charge >= 0.3 is 0 Å². The first-order valence-corrected chi connectivity index (χ1v) is 12.1. The Kier molecular flexibility index (Phi) is 7.11. The third-order valence-corrected chi connectivity index (χ3v) is 6.46. The van der Waals surface area contributed by atoms with Gasteiger partial charge in [0.2, 0.25) is 0 Å². The first kappa shape index (κ1) is 22.8. The van der Waals surface area contributed by atoms with Crippen LogP contribution >= 0.6 is 0 Å². The quantitative estimate of drug-likeness (QED) is 0.297. The number of aromatic nitrogens is 3. The molecule has 0 aliphatic heterocycles. The van der Waals surface area contributed by atoms with Crippen LogP contribution in [0, 0.1) is 0 Å². The van der Waals surface area contributed by atoms with E-state index in [9.17, 15) is 0 Å². The summed E-state index contributed by atoms with van der Waals surface area (Å²) < 4.78 is 2.26. The van der Waals surface area contributed by atoms with Crippen molar-refractivity contribution in [3.05, 3.63) is 155 Å². The summed E-state index contributed by atoms with van der Waals surface area (Å²) in [5.74, 6) is 1.92. The van der Waals surface area contributed by atoms with E-state index in [4.69, 9.17) is 5.73 Å². The van der Waals surface area contributed by atoms with Gasteiger partial charge in [-0.3, -0.25) is 0 Å². The van der Waals surface area contributed by atoms with E-state index in [0.717, 1.165) is 18.2 Å². The Hall–Kier alpha value is -4.02. The lowest BCUT2D eigenvalue weighted by Crippen LogP contribution is -2.22. The number of nitrogens with zero attached hydrogens (tertiary/aromatic N) is 3. The minimum absolute atomic E-state index is 0.158. The molecule has 4 heteroatoms. The van der Waals surface area contributed by atoms with E-state index >= 15 is 0 Å². The van der Waals surface area contributed by atoms with Gasteiger partial charge in [0, 0.05) is 18.9 Å². The summed E-state index contributed by atoms with van der Waals surface area (Å²) in [5, 5.41) is 9.28. The van der Waals surface area contributed by atoms with Crippen molar-refractivity contribution in [2.45, 2.75) is 31.3 Å². The average molecular weight is 459 g/mol. The third-order valence-electron chi connectivity index (χ3n) is 6.46. The van der Waals surface area contributed by atoms with E-state index in [0.29, 0.717) is 12.8 Å². The zero-order valence-corrected chi connectivity index (χ0v) is 19.7. The Balaban J connectivity index is 1.54. The van der Waals surface area contributed by atoms with Crippen molar-refractivity contribution in [3.8, 4) is 0 Å². The molecular weight excluding hydrogens is 428 g/mol. The first-order valence-electron chi connectivity index (χ1n) is 12.1. The standard InChI is InChI=1S/C31H30N4/c32-29(21-24-13-5-1-6-14-24)31-34-33-30(22-25-15-7-2-8-16-25)35(31)23-28(26-17-9-3-10-18-26)27-19-11-4-12-20-27/h1-20,28-29H,21-23,32H2/t29-/m0/s1. The van der Waals surface area contributed by atoms with Gasteiger partial charge in [0.1, 0.15) is 11.6 Å². The zero-order valence-electron chi connectivity index (χ0n) is 19.7. The van der Waals surface area contributed by atoms with Crippen molar-refractivity contribution >= 4 is 0 Å². The van der Waals surface area contributed by atoms with Crippen LogP contribution in [0.15, 0.2) is 121 Å². The van der Waals surface area contributed by atoms with Crippen LogP contribution in [0.25, 0.3) is 0 Å². The van der Waals surface area contributed by atoms with Crippen molar-refractivity contribution in [3.63, 3.8) is 0 Å². The van der Waals surface area contributed by atoms with Gasteiger partial charge in [-0.05, 0) is 28.7 Å². The molecule has 0 fully saturated rings. The lowest BCUT2D eigenvalue weighted by atomic mass is 9.91. The summed E-state index contributed by atoms with van der Waals surface area (Å²) in [7, 11) is 0. The summed E-state index contributed by atoms with van der Waals surface area (Å²) in [6.07, 6.45) is 1.42. The summed E-state index contributed by atoms with van der Waals surface area (Å²) in [4.78, 5) is 0. The molecule has 0 radical (unpaired) electrons. The summed E-state index contributed by atoms with van der Waals surface area (Å²) in [5.41, 5.74) is 11.7. The molecule has 1 atom stereocenters. The molecule has 0 saturated carbocycles. The van der Waals surface area contributed by atoms with Gasteiger partial charge in [0.25, 0.3) is 0 Å². The molecular formula is C31H30N4. The largest absolute Gasteiger partial charge is 0.321 e. The minimum Gasteiger partial charge on any atom is -0.321 e. The molecule has 35 heavy (non-hydrogen) atoms. The number of nitrogens with two attached hydrogens (primary N) is 1. The molecule has 5 aromatic rings. The van der Waals surface area contributed by atoms with E-state index in [1.54, 1.807) is 0 Å². The summed E-state index contributed by atoms with van der Waals surface area (Å²) in [6.45, 7) is 0.723. The maximum Gasteiger partial charge on any atom is 0.150 e. The summed E-state index contributed by atoms with van der Waals surface area (Å²) >= 11 is 0. The molecule has 1 heterocycles. The van der Waals surface area contributed by atoms with Crippen molar-refractivity contribution in [2.75, 3.05) is 0 Å². The smallest absolute Gasteiger partial charge is 0.150 e. The fourth-order valence-corrected chi connectivity index (χ4v) is 4.65. The molecule has 4 nitrogen and oxygen atoms in total. The first-order chi connectivity index (χ1) is 17.3. The highest BCUT2D eigenvalue weighted by atomic mass is 15.3. The molecule has 4 aromatic carbocycles. The molecule has 1 aromatic heterocycles. The Bertz CT molecular complexity index is 1280. The van der Waals surface area contributed by atoms with E-state index < -0.39 is 0 Å². The SMILES string of the molecule is N[C@@H](Cc1ccccc1)c1nnc(Cc2ccccc2)n1CC(c1ccccc1)c1ccccc1. The molecule has 0 amide bonds. The Morgan fingerprint density at radius 1 is 0.600 bits per heavy atom. The number of rotatable bonds is 9. The van der Waals surface area contributed by atoms with Crippen LogP contribution in [0.5, 0.6) is 0 Å². The Labute approximate surface area is 207 Å². The molecule has 0 saturated heterocycles. The van der Waals surface area contributed by atoms with Gasteiger partial charge in [0.05, 0.1) is 6.04 Å². The topological polar surface area (TPSA) is 56.7 Å². The third kappa shape index (κ3) is 5.56. The lowest BCUT2D eigenvalue weighted by molar-refractivity contribution is 0.538. The normalized spacial score (nSPS) is 12.1. The maximum absolute atomic E-state index is 6.76. The van der Waals surface area contributed by atoms with Gasteiger partial charge in [-0.25, -0.2) is 0 Å². The second-order valence-electron chi connectivity index (χ2n) is 8.92. The Morgan fingerprint density at radius 2 is 1.09 bits per heavy atom. The second-order valence-corrected chi connectivity index (χ2v) is 8.92. The van der Waals surface area contributed by atoms with E-state index in [1.807, 2.05) is 12.1 Å². The van der Waals surface area contributed by atoms with Gasteiger partial charge in [-0.15, -0.1) is 10.2 Å². The van der Waals surface area contributed by atoms with Crippen LogP contribution in [-0.2, 0) is 19.4 Å². The highest BCUT2D eigenvalue weighted by Gasteiger charge is 2.23. The second kappa shape index (κ2) is 10.9. The van der Waals surface area contributed by atoms with Crippen LogP contribution in [0.2, 0.25) is 0 Å². The lowest BCUT2D eigenvalue weighted by Gasteiger charge is -2.22. The van der Waals surface area contributed by atoms with Crippen molar-refractivity contribution in [1.82, 2.24) is 14.8 Å². The van der Waals surface area contributed by atoms with Crippen LogP contribution < -0.4 is 5.73 Å². The zero-order chi connectivity index (χ0) is 23.9. The maximum atomic E-state index is 6.76. The van der Waals surface area contributed by atoms with E-state index in [1.165, 1.54) is 22.3 Å². The molecule has 174 valence electrons. The van der Waals surface area contributed by atoms with Crippen LogP contribution in [0.1, 0.15) is 45.9 Å². The molecule has 0 spiro atoms. The molecule has 0 aliphatic carbocycles. The van der Waals surface area contributed by atoms with Gasteiger partial charge in [0.15, 0.2) is 0 Å². The predicted molar refractivity (Wildman–Crippen MR) is 141 cm³/mol. The van der Waals surface area contributed by atoms with Gasteiger partial charge in [-0.2, -0.15) is 0 Å². The minimum atomic E-state index is -0.248. The molecule has 0 unspecified atom stereocenters. The fourth-order valence-electron chi connectivity index (χ4n) is 4.65. The van der Waals surface area contributed by atoms with Crippen molar-refractivity contribution in [2.24, 2.45) is 5.73 Å². The van der Waals surface area contributed by atoms with Crippen molar-refractivity contribution < 1.29 is 0 Å². The molecule has 2 N–H and O–H groups in total. The van der Waals surface area contributed by atoms with Gasteiger partial charge < -0.3 is 10.3 Å². The van der Waals surface area contributed by atoms with Crippen LogP contribution in [0.3, 0.4) is 0 Å². The molecule has 0 aliphatic rings. The predicted octanol–water partition coefficient (Wildman–Crippen LogP) is 5.94. The van der Waals surface area contributed by atoms with E-state index in [2.05, 4.69) is 124 Å². The number of hydrogen-bond acceptors (Lipinski definition) is 3. The summed E-state index contributed by atoms with van der Waals surface area (Å²) in [6, 6.07) is 41.9. The number of benzene rings is 4. The highest BCUT2D eigenvalue weighted by molar-refractivity contribution is 5.33. The van der Waals surface area contributed by atoms with Gasteiger partial charge in [-0.1, -0.05) is 121 Å².